The van der Waals surface area contributed by atoms with Crippen LogP contribution in [0.4, 0.5) is 5.69 Å². The third-order valence-corrected chi connectivity index (χ3v) is 8.22. The molecule has 0 heterocycles. The van der Waals surface area contributed by atoms with Gasteiger partial charge in [0.2, 0.25) is 5.91 Å². The molecule has 0 bridgehead atoms. The predicted octanol–water partition coefficient (Wildman–Crippen LogP) is 4.35. The molecule has 0 atom stereocenters. The summed E-state index contributed by atoms with van der Waals surface area (Å²) < 4.78 is 31.3. The molecule has 0 aromatic heterocycles. The molecule has 3 rings (SSSR count). The van der Waals surface area contributed by atoms with E-state index in [1.807, 2.05) is 26.0 Å². The molecule has 5 nitrogen and oxygen atoms in total. The molecule has 2 aromatic rings. The zero-order chi connectivity index (χ0) is 20.5. The molecule has 1 aliphatic rings. The Morgan fingerprint density at radius 1 is 1.00 bits per heavy atom. The van der Waals surface area contributed by atoms with Gasteiger partial charge in [0.05, 0.1) is 17.7 Å². The highest BCUT2D eigenvalue weighted by Crippen LogP contribution is 2.43. The van der Waals surface area contributed by atoms with E-state index in [4.69, 9.17) is 4.74 Å². The van der Waals surface area contributed by atoms with E-state index in [2.05, 4.69) is 5.32 Å². The van der Waals surface area contributed by atoms with E-state index < -0.39 is 20.5 Å². The number of aryl methyl sites for hydroxylation is 3. The summed E-state index contributed by atoms with van der Waals surface area (Å²) >= 11 is 0. The second-order valence-electron chi connectivity index (χ2n) is 7.63. The maximum atomic E-state index is 13.7. The first-order valence-corrected chi connectivity index (χ1v) is 11.0. The van der Waals surface area contributed by atoms with Gasteiger partial charge in [0.1, 0.15) is 5.75 Å². The van der Waals surface area contributed by atoms with E-state index in [1.54, 1.807) is 31.2 Å². The maximum absolute atomic E-state index is 13.7. The molecule has 28 heavy (non-hydrogen) atoms. The second-order valence-corrected chi connectivity index (χ2v) is 9.86. The molecule has 1 saturated carbocycles. The topological polar surface area (TPSA) is 72.5 Å². The Balaban J connectivity index is 2.06. The lowest BCUT2D eigenvalue weighted by molar-refractivity contribution is -0.118. The van der Waals surface area contributed by atoms with Crippen LogP contribution in [0.5, 0.6) is 5.75 Å². The largest absolute Gasteiger partial charge is 0.495 e. The lowest BCUT2D eigenvalue weighted by Crippen LogP contribution is -2.47. The zero-order valence-corrected chi connectivity index (χ0v) is 17.7. The minimum Gasteiger partial charge on any atom is -0.495 e. The summed E-state index contributed by atoms with van der Waals surface area (Å²) in [6.45, 7) is 5.54. The standard InChI is InChI=1S/C22H27NO4S/c1-15-8-10-19(27-4)18(13-15)23-21(24)22(11-5-6-12-22)28(25,26)20-14-16(2)7-9-17(20)3/h7-10,13-14H,5-6,11-12H2,1-4H3,(H,23,24). The molecule has 0 radical (unpaired) electrons. The lowest BCUT2D eigenvalue weighted by atomic mass is 10.1. The minimum atomic E-state index is -3.86. The van der Waals surface area contributed by atoms with Crippen LogP contribution in [0.2, 0.25) is 0 Å². The van der Waals surface area contributed by atoms with E-state index in [1.165, 1.54) is 7.11 Å². The number of hydrogen-bond donors (Lipinski definition) is 1. The van der Waals surface area contributed by atoms with E-state index in [-0.39, 0.29) is 4.90 Å². The molecule has 1 aliphatic carbocycles. The molecule has 1 amide bonds. The van der Waals surface area contributed by atoms with Crippen molar-refractivity contribution in [2.45, 2.75) is 56.1 Å². The lowest BCUT2D eigenvalue weighted by Gasteiger charge is -2.29. The molecule has 1 N–H and O–H groups in total. The van der Waals surface area contributed by atoms with Gasteiger partial charge in [-0.3, -0.25) is 4.79 Å². The van der Waals surface area contributed by atoms with Crippen LogP contribution in [0.25, 0.3) is 0 Å². The normalized spacial score (nSPS) is 16.0. The quantitative estimate of drug-likeness (QED) is 0.809. The van der Waals surface area contributed by atoms with Crippen molar-refractivity contribution < 1.29 is 17.9 Å². The number of benzene rings is 2. The maximum Gasteiger partial charge on any atom is 0.246 e. The van der Waals surface area contributed by atoms with E-state index in [0.717, 1.165) is 11.1 Å². The van der Waals surface area contributed by atoms with Crippen LogP contribution in [-0.2, 0) is 14.6 Å². The monoisotopic (exact) mass is 401 g/mol. The van der Waals surface area contributed by atoms with Gasteiger partial charge in [-0.1, -0.05) is 31.0 Å². The van der Waals surface area contributed by atoms with Gasteiger partial charge >= 0.3 is 0 Å². The van der Waals surface area contributed by atoms with Crippen LogP contribution in [0, 0.1) is 20.8 Å². The summed E-state index contributed by atoms with van der Waals surface area (Å²) in [4.78, 5) is 13.6. The average molecular weight is 402 g/mol. The van der Waals surface area contributed by atoms with Crippen molar-refractivity contribution in [2.24, 2.45) is 0 Å². The second kappa shape index (κ2) is 7.59. The fraction of sp³-hybridized carbons (Fsp3) is 0.409. The highest BCUT2D eigenvalue weighted by molar-refractivity contribution is 7.93. The van der Waals surface area contributed by atoms with Gasteiger partial charge in [-0.15, -0.1) is 0 Å². The highest BCUT2D eigenvalue weighted by Gasteiger charge is 2.53. The first-order chi connectivity index (χ1) is 13.2. The van der Waals surface area contributed by atoms with E-state index in [9.17, 15) is 13.2 Å². The molecular formula is C22H27NO4S. The number of methoxy groups -OCH3 is 1. The van der Waals surface area contributed by atoms with Crippen LogP contribution < -0.4 is 10.1 Å². The number of rotatable bonds is 5. The van der Waals surface area contributed by atoms with Crippen molar-refractivity contribution in [3.63, 3.8) is 0 Å². The third kappa shape index (κ3) is 3.41. The molecule has 0 saturated heterocycles. The Labute approximate surface area is 167 Å². The summed E-state index contributed by atoms with van der Waals surface area (Å²) in [6, 6.07) is 10.8. The fourth-order valence-electron chi connectivity index (χ4n) is 3.93. The molecule has 0 aliphatic heterocycles. The number of anilines is 1. The van der Waals surface area contributed by atoms with Crippen LogP contribution in [0.15, 0.2) is 41.3 Å². The Morgan fingerprint density at radius 2 is 1.61 bits per heavy atom. The number of carbonyl (C=O) groups excluding carboxylic acids is 1. The summed E-state index contributed by atoms with van der Waals surface area (Å²) in [6.07, 6.45) is 2.07. The summed E-state index contributed by atoms with van der Waals surface area (Å²) in [5.41, 5.74) is 2.97. The van der Waals surface area contributed by atoms with E-state index >= 15 is 0 Å². The first kappa shape index (κ1) is 20.4. The van der Waals surface area contributed by atoms with E-state index in [0.29, 0.717) is 42.7 Å². The molecule has 6 heteroatoms. The van der Waals surface area contributed by atoms with Crippen LogP contribution >= 0.6 is 0 Å². The predicted molar refractivity (Wildman–Crippen MR) is 111 cm³/mol. The Kier molecular flexibility index (Phi) is 5.53. The van der Waals surface area contributed by atoms with Gasteiger partial charge in [-0.25, -0.2) is 8.42 Å². The van der Waals surface area contributed by atoms with Crippen molar-refractivity contribution in [1.82, 2.24) is 0 Å². The smallest absolute Gasteiger partial charge is 0.246 e. The van der Waals surface area contributed by atoms with Crippen molar-refractivity contribution in [3.8, 4) is 5.75 Å². The van der Waals surface area contributed by atoms with Crippen molar-refractivity contribution >= 4 is 21.4 Å². The molecule has 1 fully saturated rings. The summed E-state index contributed by atoms with van der Waals surface area (Å²) in [5.74, 6) is 0.0334. The van der Waals surface area contributed by atoms with Crippen molar-refractivity contribution in [2.75, 3.05) is 12.4 Å². The minimum absolute atomic E-state index is 0.251. The molecule has 0 spiro atoms. The molecular weight excluding hydrogens is 374 g/mol. The van der Waals surface area contributed by atoms with Crippen molar-refractivity contribution in [1.29, 1.82) is 0 Å². The van der Waals surface area contributed by atoms with Gasteiger partial charge < -0.3 is 10.1 Å². The van der Waals surface area contributed by atoms with Gasteiger partial charge in [0, 0.05) is 0 Å². The van der Waals surface area contributed by atoms with Crippen molar-refractivity contribution in [3.05, 3.63) is 53.1 Å². The van der Waals surface area contributed by atoms with Gasteiger partial charge in [0.15, 0.2) is 14.6 Å². The SMILES string of the molecule is COc1ccc(C)cc1NC(=O)C1(S(=O)(=O)c2cc(C)ccc2C)CCCC1. The molecule has 0 unspecified atom stereocenters. The number of sulfone groups is 1. The number of nitrogens with one attached hydrogen (secondary N) is 1. The molecule has 2 aromatic carbocycles. The Bertz CT molecular complexity index is 1010. The third-order valence-electron chi connectivity index (χ3n) is 5.58. The van der Waals surface area contributed by atoms with Crippen LogP contribution in [-0.4, -0.2) is 26.2 Å². The van der Waals surface area contributed by atoms with Crippen LogP contribution in [0.3, 0.4) is 0 Å². The number of amides is 1. The summed E-state index contributed by atoms with van der Waals surface area (Å²) in [5, 5.41) is 2.85. The molecule has 150 valence electrons. The number of carbonyl (C=O) groups is 1. The average Bonchev–Trinajstić information content (AvgIpc) is 3.15. The summed E-state index contributed by atoms with van der Waals surface area (Å²) in [7, 11) is -2.33. The number of hydrogen-bond acceptors (Lipinski definition) is 4. The fourth-order valence-corrected chi connectivity index (χ4v) is 6.30. The van der Waals surface area contributed by atoms with Crippen LogP contribution in [0.1, 0.15) is 42.4 Å². The van der Waals surface area contributed by atoms with Gasteiger partial charge in [0.25, 0.3) is 0 Å². The zero-order valence-electron chi connectivity index (χ0n) is 16.8. The Hall–Kier alpha value is -2.34. The number of ether oxygens (including phenoxy) is 1. The van der Waals surface area contributed by atoms with Gasteiger partial charge in [-0.2, -0.15) is 0 Å². The highest BCUT2D eigenvalue weighted by atomic mass is 32.2. The Morgan fingerprint density at radius 3 is 2.25 bits per heavy atom. The first-order valence-electron chi connectivity index (χ1n) is 9.49. The van der Waals surface area contributed by atoms with Gasteiger partial charge in [-0.05, 0) is 68.5 Å².